The molecule has 0 aromatic rings. The van der Waals surface area contributed by atoms with E-state index in [1.54, 1.807) is 0 Å². The zero-order chi connectivity index (χ0) is 5.98. The SMILES string of the molecule is OC1=[C+]C=CC(O)=[C+]1. The molecular weight excluding hydrogens is 104 g/mol. The molecule has 8 heavy (non-hydrogen) atoms. The Hall–Kier alpha value is -1.36. The van der Waals surface area contributed by atoms with Gasteiger partial charge in [-0.3, -0.25) is 0 Å². The van der Waals surface area contributed by atoms with Gasteiger partial charge in [-0.05, 0) is 0 Å². The van der Waals surface area contributed by atoms with Crippen LogP contribution in [0.3, 0.4) is 0 Å². The first-order chi connectivity index (χ1) is 3.79. The third kappa shape index (κ3) is 0.824. The maximum atomic E-state index is 8.58. The zero-order valence-electron chi connectivity index (χ0n) is 4.05. The van der Waals surface area contributed by atoms with Gasteiger partial charge in [0.1, 0.15) is 0 Å². The Morgan fingerprint density at radius 1 is 1.38 bits per heavy atom. The highest BCUT2D eigenvalue weighted by atomic mass is 16.3. The van der Waals surface area contributed by atoms with Crippen molar-refractivity contribution in [3.05, 3.63) is 35.8 Å². The molecule has 0 fully saturated rings. The second-order valence-corrected chi connectivity index (χ2v) is 1.34. The molecule has 0 spiro atoms. The molecule has 0 bridgehead atoms. The molecular formula is C6H4O2+2. The van der Waals surface area contributed by atoms with Crippen molar-refractivity contribution in [2.75, 3.05) is 0 Å². The van der Waals surface area contributed by atoms with Crippen molar-refractivity contribution >= 4 is 0 Å². The van der Waals surface area contributed by atoms with Gasteiger partial charge < -0.3 is 10.2 Å². The standard InChI is InChI=1S/C6H2O2/c7-5-2-1-3-6(8)4-5/h1-2H/p+2. The van der Waals surface area contributed by atoms with Crippen molar-refractivity contribution in [1.29, 1.82) is 0 Å². The third-order valence-corrected chi connectivity index (χ3v) is 0.708. The first-order valence-electron chi connectivity index (χ1n) is 2.11. The lowest BCUT2D eigenvalue weighted by Gasteiger charge is -1.70. The predicted molar refractivity (Wildman–Crippen MR) is 27.9 cm³/mol. The minimum atomic E-state index is -0.162. The van der Waals surface area contributed by atoms with E-state index in [9.17, 15) is 0 Å². The summed E-state index contributed by atoms with van der Waals surface area (Å²) in [6.45, 7) is 0. The molecule has 2 heteroatoms. The van der Waals surface area contributed by atoms with Gasteiger partial charge in [0.25, 0.3) is 6.08 Å². The molecule has 0 unspecified atom stereocenters. The van der Waals surface area contributed by atoms with Crippen LogP contribution in [0.5, 0.6) is 0 Å². The van der Waals surface area contributed by atoms with Crippen LogP contribution in [0.2, 0.25) is 0 Å². The fourth-order valence-corrected chi connectivity index (χ4v) is 0.399. The van der Waals surface area contributed by atoms with E-state index in [-0.39, 0.29) is 11.5 Å². The number of rotatable bonds is 0. The van der Waals surface area contributed by atoms with E-state index < -0.39 is 0 Å². The molecule has 0 radical (unpaired) electrons. The van der Waals surface area contributed by atoms with Gasteiger partial charge in [0.2, 0.25) is 12.2 Å². The maximum absolute atomic E-state index is 8.58. The van der Waals surface area contributed by atoms with Crippen molar-refractivity contribution in [1.82, 2.24) is 0 Å². The highest BCUT2D eigenvalue weighted by Crippen LogP contribution is 2.01. The third-order valence-electron chi connectivity index (χ3n) is 0.708. The van der Waals surface area contributed by atoms with Crippen LogP contribution in [0.1, 0.15) is 0 Å². The van der Waals surface area contributed by atoms with Gasteiger partial charge in [0.15, 0.2) is 0 Å². The molecule has 0 aromatic carbocycles. The highest BCUT2D eigenvalue weighted by molar-refractivity contribution is 5.23. The molecule has 1 rings (SSSR count). The van der Waals surface area contributed by atoms with Crippen LogP contribution in [-0.4, -0.2) is 10.2 Å². The molecule has 38 valence electrons. The van der Waals surface area contributed by atoms with Gasteiger partial charge in [0, 0.05) is 0 Å². The molecule has 1 aliphatic carbocycles. The van der Waals surface area contributed by atoms with Crippen LogP contribution in [0.15, 0.2) is 23.7 Å². The Morgan fingerprint density at radius 3 is 2.50 bits per heavy atom. The Bertz CT molecular complexity index is 172. The number of aliphatic hydroxyl groups is 2. The van der Waals surface area contributed by atoms with Crippen LogP contribution in [0.4, 0.5) is 0 Å². The van der Waals surface area contributed by atoms with Crippen LogP contribution in [0, 0.1) is 12.2 Å². The molecule has 0 amide bonds. The summed E-state index contributed by atoms with van der Waals surface area (Å²) in [6.07, 6.45) is 7.44. The van der Waals surface area contributed by atoms with Crippen molar-refractivity contribution in [3.63, 3.8) is 0 Å². The Labute approximate surface area is 47.1 Å². The number of aliphatic hydroxyl groups excluding tert-OH is 2. The van der Waals surface area contributed by atoms with Crippen molar-refractivity contribution < 1.29 is 10.2 Å². The summed E-state index contributed by atoms with van der Waals surface area (Å²) in [5, 5.41) is 17.1. The summed E-state index contributed by atoms with van der Waals surface area (Å²) < 4.78 is 0. The van der Waals surface area contributed by atoms with Gasteiger partial charge >= 0.3 is 17.6 Å². The van der Waals surface area contributed by atoms with E-state index in [1.165, 1.54) is 12.2 Å². The molecule has 0 aliphatic heterocycles. The van der Waals surface area contributed by atoms with Gasteiger partial charge in [0.05, 0.1) is 0 Å². The zero-order valence-corrected chi connectivity index (χ0v) is 4.05. The van der Waals surface area contributed by atoms with Crippen molar-refractivity contribution in [2.45, 2.75) is 0 Å². The molecule has 2 N–H and O–H groups in total. The summed E-state index contributed by atoms with van der Waals surface area (Å²) in [7, 11) is 0. The minimum Gasteiger partial charge on any atom is -0.459 e. The molecule has 0 saturated carbocycles. The van der Waals surface area contributed by atoms with Gasteiger partial charge in [-0.1, -0.05) is 0 Å². The number of hydrogen-bond acceptors (Lipinski definition) is 2. The van der Waals surface area contributed by atoms with E-state index in [1.807, 2.05) is 0 Å². The largest absolute Gasteiger partial charge is 0.489 e. The smallest absolute Gasteiger partial charge is 0.459 e. The first kappa shape index (κ1) is 4.79. The van der Waals surface area contributed by atoms with Crippen molar-refractivity contribution in [3.8, 4) is 0 Å². The quantitative estimate of drug-likeness (QED) is 0.455. The van der Waals surface area contributed by atoms with E-state index in [0.29, 0.717) is 0 Å². The maximum Gasteiger partial charge on any atom is 0.489 e. The van der Waals surface area contributed by atoms with Gasteiger partial charge in [-0.25, -0.2) is 0 Å². The van der Waals surface area contributed by atoms with Gasteiger partial charge in [-0.15, -0.1) is 0 Å². The lowest BCUT2D eigenvalue weighted by Crippen LogP contribution is -1.84. The Morgan fingerprint density at radius 2 is 2.12 bits per heavy atom. The van der Waals surface area contributed by atoms with Crippen molar-refractivity contribution in [2.24, 2.45) is 0 Å². The van der Waals surface area contributed by atoms with E-state index in [0.717, 1.165) is 0 Å². The molecule has 2 nitrogen and oxygen atoms in total. The van der Waals surface area contributed by atoms with Crippen LogP contribution >= 0.6 is 0 Å². The summed E-state index contributed by atoms with van der Waals surface area (Å²) in [6, 6.07) is 0. The fourth-order valence-electron chi connectivity index (χ4n) is 0.399. The summed E-state index contributed by atoms with van der Waals surface area (Å²) in [5.74, 6) is -0.230. The van der Waals surface area contributed by atoms with E-state index in [2.05, 4.69) is 12.2 Å². The van der Waals surface area contributed by atoms with Crippen LogP contribution in [0.25, 0.3) is 0 Å². The second kappa shape index (κ2) is 1.63. The monoisotopic (exact) mass is 108 g/mol. The highest BCUT2D eigenvalue weighted by Gasteiger charge is 2.20. The van der Waals surface area contributed by atoms with Crippen LogP contribution < -0.4 is 0 Å². The topological polar surface area (TPSA) is 40.5 Å². The summed E-state index contributed by atoms with van der Waals surface area (Å²) in [4.78, 5) is 0. The normalized spacial score (nSPS) is 15.5. The lowest BCUT2D eigenvalue weighted by molar-refractivity contribution is 0.393. The second-order valence-electron chi connectivity index (χ2n) is 1.34. The Balaban J connectivity index is 2.89. The summed E-state index contributed by atoms with van der Waals surface area (Å²) >= 11 is 0. The lowest BCUT2D eigenvalue weighted by atomic mass is 10.2. The van der Waals surface area contributed by atoms with E-state index >= 15 is 0 Å². The van der Waals surface area contributed by atoms with E-state index in [4.69, 9.17) is 10.2 Å². The first-order valence-corrected chi connectivity index (χ1v) is 2.11. The summed E-state index contributed by atoms with van der Waals surface area (Å²) in [5.41, 5.74) is 0. The predicted octanol–water partition coefficient (Wildman–Crippen LogP) is 1.05. The number of hydrogen-bond donors (Lipinski definition) is 2. The average Bonchev–Trinajstić information content (AvgIpc) is 1.64. The molecule has 0 aromatic heterocycles. The van der Waals surface area contributed by atoms with Crippen LogP contribution in [-0.2, 0) is 0 Å². The number of allylic oxidation sites excluding steroid dienone is 4. The molecule has 0 atom stereocenters. The Kier molecular flexibility index (Phi) is 0.974. The minimum absolute atomic E-state index is 0.0683. The van der Waals surface area contributed by atoms with Gasteiger partial charge in [-0.2, -0.15) is 0 Å². The molecule has 1 aliphatic rings. The fraction of sp³-hybridized carbons (Fsp3) is 0. The molecule has 0 saturated heterocycles. The average molecular weight is 108 g/mol. The molecule has 0 heterocycles.